The highest BCUT2D eigenvalue weighted by Gasteiger charge is 2.04. The molecule has 2 amide bonds. The van der Waals surface area contributed by atoms with Crippen LogP contribution >= 0.6 is 11.6 Å². The van der Waals surface area contributed by atoms with Crippen molar-refractivity contribution >= 4 is 35.3 Å². The second-order valence-corrected chi connectivity index (χ2v) is 6.88. The van der Waals surface area contributed by atoms with E-state index >= 15 is 0 Å². The van der Waals surface area contributed by atoms with Crippen LogP contribution in [-0.4, -0.2) is 18.0 Å². The number of hydrogen-bond acceptors (Lipinski definition) is 4. The maximum absolute atomic E-state index is 12.1. The van der Waals surface area contributed by atoms with Crippen molar-refractivity contribution < 1.29 is 14.3 Å². The molecule has 0 atom stereocenters. The number of rotatable bonds is 7. The Bertz CT molecular complexity index is 1030. The van der Waals surface area contributed by atoms with E-state index in [4.69, 9.17) is 16.3 Å². The minimum absolute atomic E-state index is 0.168. The Labute approximate surface area is 179 Å². The van der Waals surface area contributed by atoms with Gasteiger partial charge in [-0.2, -0.15) is 5.10 Å². The van der Waals surface area contributed by atoms with Crippen molar-refractivity contribution in [3.63, 3.8) is 0 Å². The van der Waals surface area contributed by atoms with E-state index in [1.54, 1.807) is 30.5 Å². The summed E-state index contributed by atoms with van der Waals surface area (Å²) in [6.45, 7) is 1.87. The molecule has 0 aliphatic carbocycles. The summed E-state index contributed by atoms with van der Waals surface area (Å²) in [6, 6.07) is 21.4. The molecule has 0 bridgehead atoms. The number of hydrogen-bond donors (Lipinski definition) is 2. The monoisotopic (exact) mass is 421 g/mol. The fourth-order valence-corrected chi connectivity index (χ4v) is 2.66. The third-order valence-electron chi connectivity index (χ3n) is 4.05. The smallest absolute Gasteiger partial charge is 0.271 e. The number of ether oxygens (including phenoxy) is 1. The van der Waals surface area contributed by atoms with Crippen LogP contribution in [0.15, 0.2) is 77.9 Å². The molecule has 6 nitrogen and oxygen atoms in total. The van der Waals surface area contributed by atoms with E-state index in [0.29, 0.717) is 22.9 Å². The number of anilines is 1. The number of amides is 2. The van der Waals surface area contributed by atoms with Crippen LogP contribution in [0.3, 0.4) is 0 Å². The van der Waals surface area contributed by atoms with Crippen molar-refractivity contribution in [1.29, 1.82) is 0 Å². The van der Waals surface area contributed by atoms with Crippen molar-refractivity contribution in [3.8, 4) is 5.75 Å². The molecule has 30 heavy (non-hydrogen) atoms. The number of hydrazone groups is 1. The summed E-state index contributed by atoms with van der Waals surface area (Å²) in [7, 11) is 0. The zero-order valence-corrected chi connectivity index (χ0v) is 17.0. The van der Waals surface area contributed by atoms with Crippen LogP contribution in [0.1, 0.15) is 28.4 Å². The zero-order chi connectivity index (χ0) is 21.3. The summed E-state index contributed by atoms with van der Waals surface area (Å²) in [5, 5.41) is 7.31. The number of halogens is 1. The van der Waals surface area contributed by atoms with Crippen LogP contribution in [0.2, 0.25) is 5.02 Å². The van der Waals surface area contributed by atoms with Gasteiger partial charge in [0.05, 0.1) is 6.21 Å². The molecule has 0 radical (unpaired) electrons. The second-order valence-electron chi connectivity index (χ2n) is 6.44. The predicted octanol–water partition coefficient (Wildman–Crippen LogP) is 4.64. The summed E-state index contributed by atoms with van der Waals surface area (Å²) in [5.74, 6) is 0.215. The second kappa shape index (κ2) is 10.2. The van der Waals surface area contributed by atoms with E-state index in [1.165, 1.54) is 6.92 Å². The molecule has 0 aliphatic rings. The van der Waals surface area contributed by atoms with Crippen molar-refractivity contribution in [2.75, 3.05) is 5.32 Å². The first kappa shape index (κ1) is 21.1. The number of nitrogens with one attached hydrogen (secondary N) is 2. The van der Waals surface area contributed by atoms with E-state index in [-0.39, 0.29) is 11.8 Å². The van der Waals surface area contributed by atoms with Gasteiger partial charge in [-0.3, -0.25) is 9.59 Å². The molecule has 0 unspecified atom stereocenters. The van der Waals surface area contributed by atoms with E-state index < -0.39 is 0 Å². The van der Waals surface area contributed by atoms with Crippen molar-refractivity contribution in [1.82, 2.24) is 5.43 Å². The molecule has 7 heteroatoms. The molecule has 0 saturated heterocycles. The first-order chi connectivity index (χ1) is 14.5. The summed E-state index contributed by atoms with van der Waals surface area (Å²) in [6.07, 6.45) is 1.55. The molecule has 152 valence electrons. The lowest BCUT2D eigenvalue weighted by Gasteiger charge is -2.06. The highest BCUT2D eigenvalue weighted by atomic mass is 35.5. The lowest BCUT2D eigenvalue weighted by Crippen LogP contribution is -2.17. The van der Waals surface area contributed by atoms with Crippen LogP contribution < -0.4 is 15.5 Å². The summed E-state index contributed by atoms with van der Waals surface area (Å²) >= 11 is 5.87. The molecular formula is C23H20ClN3O3. The highest BCUT2D eigenvalue weighted by molar-refractivity contribution is 6.30. The lowest BCUT2D eigenvalue weighted by atomic mass is 10.2. The highest BCUT2D eigenvalue weighted by Crippen LogP contribution is 2.15. The summed E-state index contributed by atoms with van der Waals surface area (Å²) in [5.41, 5.74) is 5.38. The van der Waals surface area contributed by atoms with Gasteiger partial charge in [-0.05, 0) is 71.8 Å². The molecule has 0 saturated carbocycles. The average Bonchev–Trinajstić information content (AvgIpc) is 2.74. The molecule has 3 aromatic rings. The van der Waals surface area contributed by atoms with Crippen LogP contribution in [0.5, 0.6) is 5.75 Å². The zero-order valence-electron chi connectivity index (χ0n) is 16.3. The predicted molar refractivity (Wildman–Crippen MR) is 118 cm³/mol. The third-order valence-corrected chi connectivity index (χ3v) is 4.30. The van der Waals surface area contributed by atoms with Gasteiger partial charge in [-0.25, -0.2) is 5.43 Å². The van der Waals surface area contributed by atoms with Gasteiger partial charge in [0.15, 0.2) is 0 Å². The van der Waals surface area contributed by atoms with E-state index in [1.807, 2.05) is 48.5 Å². The molecule has 0 aromatic heterocycles. The van der Waals surface area contributed by atoms with Gasteiger partial charge in [0.25, 0.3) is 5.91 Å². The molecule has 0 aliphatic heterocycles. The third kappa shape index (κ3) is 6.46. The van der Waals surface area contributed by atoms with Gasteiger partial charge in [0.2, 0.25) is 5.91 Å². The standard InChI is InChI=1S/C23H20ClN3O3/c1-16(28)26-21-10-6-19(7-11-21)23(29)27-25-14-17-4-12-22(13-5-17)30-15-18-2-8-20(24)9-3-18/h2-14H,15H2,1H3,(H,26,28)(H,27,29). The van der Waals surface area contributed by atoms with Gasteiger partial charge in [-0.1, -0.05) is 23.7 Å². The Morgan fingerprint density at radius 2 is 1.63 bits per heavy atom. The number of nitrogens with zero attached hydrogens (tertiary/aromatic N) is 1. The molecule has 3 rings (SSSR count). The van der Waals surface area contributed by atoms with Crippen LogP contribution in [0.25, 0.3) is 0 Å². The van der Waals surface area contributed by atoms with E-state index in [9.17, 15) is 9.59 Å². The van der Waals surface area contributed by atoms with Crippen LogP contribution in [0.4, 0.5) is 5.69 Å². The Kier molecular flexibility index (Phi) is 7.19. The molecular weight excluding hydrogens is 402 g/mol. The topological polar surface area (TPSA) is 79.8 Å². The van der Waals surface area contributed by atoms with E-state index in [0.717, 1.165) is 16.9 Å². The Balaban J connectivity index is 1.49. The summed E-state index contributed by atoms with van der Waals surface area (Å²) < 4.78 is 5.74. The summed E-state index contributed by atoms with van der Waals surface area (Å²) in [4.78, 5) is 23.1. The van der Waals surface area contributed by atoms with Crippen molar-refractivity contribution in [2.24, 2.45) is 5.10 Å². The maximum Gasteiger partial charge on any atom is 0.271 e. The minimum Gasteiger partial charge on any atom is -0.489 e. The van der Waals surface area contributed by atoms with Crippen LogP contribution in [-0.2, 0) is 11.4 Å². The number of carbonyl (C=O) groups is 2. The van der Waals surface area contributed by atoms with Gasteiger partial charge in [-0.15, -0.1) is 0 Å². The van der Waals surface area contributed by atoms with Crippen molar-refractivity contribution in [3.05, 3.63) is 94.5 Å². The molecule has 0 spiro atoms. The lowest BCUT2D eigenvalue weighted by molar-refractivity contribution is -0.114. The van der Waals surface area contributed by atoms with Gasteiger partial charge in [0, 0.05) is 23.2 Å². The number of carbonyl (C=O) groups excluding carboxylic acids is 2. The number of benzene rings is 3. The van der Waals surface area contributed by atoms with Crippen molar-refractivity contribution in [2.45, 2.75) is 13.5 Å². The SMILES string of the molecule is CC(=O)Nc1ccc(C(=O)NN=Cc2ccc(OCc3ccc(Cl)cc3)cc2)cc1. The van der Waals surface area contributed by atoms with E-state index in [2.05, 4.69) is 15.8 Å². The minimum atomic E-state index is -0.344. The first-order valence-corrected chi connectivity index (χ1v) is 9.56. The molecule has 2 N–H and O–H groups in total. The van der Waals surface area contributed by atoms with Gasteiger partial charge in [0.1, 0.15) is 12.4 Å². The quantitative estimate of drug-likeness (QED) is 0.430. The fraction of sp³-hybridized carbons (Fsp3) is 0.0870. The normalized spacial score (nSPS) is 10.6. The van der Waals surface area contributed by atoms with Gasteiger partial charge >= 0.3 is 0 Å². The Morgan fingerprint density at radius 1 is 0.967 bits per heavy atom. The van der Waals surface area contributed by atoms with Crippen LogP contribution in [0, 0.1) is 0 Å². The average molecular weight is 422 g/mol. The Hall–Kier alpha value is -3.64. The van der Waals surface area contributed by atoms with Gasteiger partial charge < -0.3 is 10.1 Å². The fourth-order valence-electron chi connectivity index (χ4n) is 2.54. The Morgan fingerprint density at radius 3 is 2.27 bits per heavy atom. The first-order valence-electron chi connectivity index (χ1n) is 9.18. The molecule has 0 fully saturated rings. The molecule has 0 heterocycles. The molecule has 3 aromatic carbocycles. The maximum atomic E-state index is 12.1. The largest absolute Gasteiger partial charge is 0.489 e.